The first-order valence-electron chi connectivity index (χ1n) is 4.91. The Morgan fingerprint density at radius 2 is 1.93 bits per heavy atom. The van der Waals surface area contributed by atoms with Crippen molar-refractivity contribution in [3.05, 3.63) is 0 Å². The van der Waals surface area contributed by atoms with Gasteiger partial charge in [-0.2, -0.15) is 0 Å². The van der Waals surface area contributed by atoms with E-state index in [1.807, 2.05) is 20.8 Å². The number of hydrogen-bond acceptors (Lipinski definition) is 1. The third kappa shape index (κ3) is 3.11. The molecule has 84 valence electrons. The van der Waals surface area contributed by atoms with Gasteiger partial charge in [-0.1, -0.05) is 6.92 Å². The van der Waals surface area contributed by atoms with Crippen LogP contribution in [0, 0.1) is 11.8 Å². The second-order valence-electron chi connectivity index (χ2n) is 5.17. The van der Waals surface area contributed by atoms with Gasteiger partial charge in [-0.15, -0.1) is 23.2 Å². The molecule has 1 nitrogen and oxygen atoms in total. The van der Waals surface area contributed by atoms with E-state index in [1.54, 1.807) is 0 Å². The minimum atomic E-state index is -0.798. The van der Waals surface area contributed by atoms with E-state index in [2.05, 4.69) is 6.92 Å². The third-order valence-electron chi connectivity index (χ3n) is 2.66. The zero-order chi connectivity index (χ0) is 11.1. The Bertz CT molecular complexity index is 245. The first-order chi connectivity index (χ1) is 6.14. The molecular weight excluding hydrogens is 239 g/mol. The van der Waals surface area contributed by atoms with E-state index in [-0.39, 0.29) is 4.75 Å². The van der Waals surface area contributed by atoms with Gasteiger partial charge in [-0.3, -0.25) is 4.21 Å². The Morgan fingerprint density at radius 1 is 1.50 bits per heavy atom. The minimum absolute atomic E-state index is 0.134. The van der Waals surface area contributed by atoms with Crippen LogP contribution in [0.25, 0.3) is 0 Å². The van der Waals surface area contributed by atoms with Crippen molar-refractivity contribution in [1.29, 1.82) is 0 Å². The van der Waals surface area contributed by atoms with E-state index in [9.17, 15) is 4.21 Å². The van der Waals surface area contributed by atoms with Crippen molar-refractivity contribution in [1.82, 2.24) is 0 Å². The van der Waals surface area contributed by atoms with E-state index in [1.165, 1.54) is 0 Å². The molecule has 1 rings (SSSR count). The lowest BCUT2D eigenvalue weighted by molar-refractivity contribution is 0.549. The van der Waals surface area contributed by atoms with Crippen LogP contribution in [-0.2, 0) is 10.8 Å². The summed E-state index contributed by atoms with van der Waals surface area (Å²) >= 11 is 11.9. The normalized spacial score (nSPS) is 29.7. The molecule has 0 unspecified atom stereocenters. The molecule has 0 aromatic carbocycles. The van der Waals surface area contributed by atoms with Crippen molar-refractivity contribution in [2.75, 3.05) is 5.75 Å². The molecule has 14 heavy (non-hydrogen) atoms. The highest BCUT2D eigenvalue weighted by Gasteiger charge is 2.54. The molecule has 0 spiro atoms. The van der Waals surface area contributed by atoms with Gasteiger partial charge >= 0.3 is 0 Å². The number of halogens is 2. The highest BCUT2D eigenvalue weighted by atomic mass is 35.5. The van der Waals surface area contributed by atoms with Crippen LogP contribution in [0.4, 0.5) is 0 Å². The van der Waals surface area contributed by atoms with Crippen LogP contribution in [0.2, 0.25) is 0 Å². The topological polar surface area (TPSA) is 17.1 Å². The van der Waals surface area contributed by atoms with E-state index in [0.717, 1.165) is 6.42 Å². The van der Waals surface area contributed by atoms with Crippen molar-refractivity contribution in [2.45, 2.75) is 43.2 Å². The van der Waals surface area contributed by atoms with Crippen LogP contribution in [0.5, 0.6) is 0 Å². The summed E-state index contributed by atoms with van der Waals surface area (Å²) in [5, 5.41) is 0. The Hall–Kier alpha value is 0.730. The summed E-state index contributed by atoms with van der Waals surface area (Å²) in [5.74, 6) is 1.39. The van der Waals surface area contributed by atoms with Gasteiger partial charge in [0.2, 0.25) is 0 Å². The lowest BCUT2D eigenvalue weighted by atomic mass is 10.1. The molecule has 4 heteroatoms. The molecule has 1 aliphatic carbocycles. The average molecular weight is 257 g/mol. The summed E-state index contributed by atoms with van der Waals surface area (Å²) in [4.78, 5) is 0. The fourth-order valence-electron chi connectivity index (χ4n) is 1.46. The van der Waals surface area contributed by atoms with E-state index in [4.69, 9.17) is 23.2 Å². The number of alkyl halides is 2. The van der Waals surface area contributed by atoms with Gasteiger partial charge in [0.15, 0.2) is 0 Å². The standard InChI is InChI=1S/C10H18Cl2OS/c1-7(8-5-10(8,11)12)6-14(13)9(2,3)4/h7-8H,5-6H2,1-4H3/t7-,8+,14+/m0/s1. The molecule has 1 saturated carbocycles. The molecule has 0 aliphatic heterocycles. The first kappa shape index (κ1) is 12.8. The van der Waals surface area contributed by atoms with E-state index >= 15 is 0 Å². The lowest BCUT2D eigenvalue weighted by Crippen LogP contribution is -2.27. The molecule has 0 heterocycles. The first-order valence-corrected chi connectivity index (χ1v) is 6.98. The van der Waals surface area contributed by atoms with Crippen LogP contribution in [0.1, 0.15) is 34.1 Å². The van der Waals surface area contributed by atoms with Crippen molar-refractivity contribution >= 4 is 34.0 Å². The quantitative estimate of drug-likeness (QED) is 0.708. The second-order valence-corrected chi connectivity index (χ2v) is 8.97. The molecule has 0 saturated heterocycles. The lowest BCUT2D eigenvalue weighted by Gasteiger charge is -2.20. The van der Waals surface area contributed by atoms with Gasteiger partial charge in [-0.25, -0.2) is 0 Å². The second kappa shape index (κ2) is 3.95. The molecule has 3 atom stereocenters. The van der Waals surface area contributed by atoms with Gasteiger partial charge < -0.3 is 0 Å². The number of rotatable bonds is 3. The van der Waals surface area contributed by atoms with Gasteiger partial charge in [0.25, 0.3) is 0 Å². The maximum atomic E-state index is 11.8. The van der Waals surface area contributed by atoms with E-state index < -0.39 is 15.1 Å². The molecule has 1 fully saturated rings. The summed E-state index contributed by atoms with van der Waals surface area (Å²) in [6, 6.07) is 0. The molecule has 0 radical (unpaired) electrons. The minimum Gasteiger partial charge on any atom is -0.259 e. The molecule has 0 aromatic heterocycles. The molecule has 0 amide bonds. The van der Waals surface area contributed by atoms with Crippen molar-refractivity contribution in [2.24, 2.45) is 11.8 Å². The van der Waals surface area contributed by atoms with Crippen LogP contribution < -0.4 is 0 Å². The van der Waals surface area contributed by atoms with Crippen LogP contribution in [0.3, 0.4) is 0 Å². The van der Waals surface area contributed by atoms with Crippen LogP contribution >= 0.6 is 23.2 Å². The monoisotopic (exact) mass is 256 g/mol. The third-order valence-corrected chi connectivity index (χ3v) is 5.72. The van der Waals surface area contributed by atoms with Crippen LogP contribution in [0.15, 0.2) is 0 Å². The highest BCUT2D eigenvalue weighted by Crippen LogP contribution is 2.57. The summed E-state index contributed by atoms with van der Waals surface area (Å²) in [5.41, 5.74) is 0. The molecule has 0 N–H and O–H groups in total. The smallest absolute Gasteiger partial charge is 0.121 e. The summed E-state index contributed by atoms with van der Waals surface area (Å²) in [6.45, 7) is 8.08. The van der Waals surface area contributed by atoms with E-state index in [0.29, 0.717) is 17.6 Å². The molecular formula is C10H18Cl2OS. The number of hydrogen-bond donors (Lipinski definition) is 0. The predicted molar refractivity (Wildman–Crippen MR) is 64.5 cm³/mol. The van der Waals surface area contributed by atoms with Gasteiger partial charge in [0.1, 0.15) is 4.33 Å². The molecule has 1 aliphatic rings. The fourth-order valence-corrected chi connectivity index (χ4v) is 3.43. The summed E-state index contributed by atoms with van der Waals surface area (Å²) in [7, 11) is -0.798. The summed E-state index contributed by atoms with van der Waals surface area (Å²) < 4.78 is 11.2. The fraction of sp³-hybridized carbons (Fsp3) is 1.00. The SMILES string of the molecule is C[C@@H](C[S@@](=O)C(C)(C)C)[C@H]1CC1(Cl)Cl. The predicted octanol–water partition coefficient (Wildman–Crippen LogP) is 3.36. The Labute approximate surface area is 99.0 Å². The Balaban J connectivity index is 2.43. The summed E-state index contributed by atoms with van der Waals surface area (Å²) in [6.07, 6.45) is 0.846. The van der Waals surface area contributed by atoms with Gasteiger partial charge in [0, 0.05) is 21.3 Å². The van der Waals surface area contributed by atoms with Crippen LogP contribution in [-0.4, -0.2) is 19.0 Å². The maximum absolute atomic E-state index is 11.8. The van der Waals surface area contributed by atoms with Crippen molar-refractivity contribution < 1.29 is 4.21 Å². The van der Waals surface area contributed by atoms with Gasteiger partial charge in [0.05, 0.1) is 0 Å². The Morgan fingerprint density at radius 3 is 2.21 bits per heavy atom. The zero-order valence-electron chi connectivity index (χ0n) is 9.14. The zero-order valence-corrected chi connectivity index (χ0v) is 11.5. The molecule has 0 bridgehead atoms. The van der Waals surface area contributed by atoms with Crippen molar-refractivity contribution in [3.63, 3.8) is 0 Å². The Kier molecular flexibility index (Phi) is 3.61. The van der Waals surface area contributed by atoms with Gasteiger partial charge in [-0.05, 0) is 39.0 Å². The highest BCUT2D eigenvalue weighted by molar-refractivity contribution is 7.86. The largest absolute Gasteiger partial charge is 0.259 e. The van der Waals surface area contributed by atoms with Crippen molar-refractivity contribution in [3.8, 4) is 0 Å². The maximum Gasteiger partial charge on any atom is 0.121 e. The average Bonchev–Trinajstić information content (AvgIpc) is 2.57. The molecule has 0 aromatic rings.